The van der Waals surface area contributed by atoms with Gasteiger partial charge in [-0.05, 0) is 36.6 Å². The molecular formula is C19H24FN3O3S. The summed E-state index contributed by atoms with van der Waals surface area (Å²) in [6, 6.07) is 5.76. The molecule has 1 aromatic heterocycles. The summed E-state index contributed by atoms with van der Waals surface area (Å²) < 4.78 is 38.6. The van der Waals surface area contributed by atoms with Gasteiger partial charge < -0.3 is 5.11 Å². The van der Waals surface area contributed by atoms with Crippen LogP contribution in [0.1, 0.15) is 49.4 Å². The van der Waals surface area contributed by atoms with Gasteiger partial charge in [-0.25, -0.2) is 27.5 Å². The zero-order chi connectivity index (χ0) is 20.2. The molecule has 2 rings (SSSR count). The van der Waals surface area contributed by atoms with E-state index in [0.717, 1.165) is 6.26 Å². The minimum Gasteiger partial charge on any atom is -0.388 e. The Labute approximate surface area is 159 Å². The van der Waals surface area contributed by atoms with E-state index in [1.807, 2.05) is 13.8 Å². The first kappa shape index (κ1) is 21.1. The Morgan fingerprint density at radius 1 is 1.26 bits per heavy atom. The smallest absolute Gasteiger partial charge is 0.209 e. The van der Waals surface area contributed by atoms with Crippen molar-refractivity contribution in [3.8, 4) is 11.3 Å². The van der Waals surface area contributed by atoms with Gasteiger partial charge in [0.2, 0.25) is 10.0 Å². The summed E-state index contributed by atoms with van der Waals surface area (Å²) in [5.41, 5.74) is 2.22. The molecule has 1 atom stereocenters. The molecule has 146 valence electrons. The maximum absolute atomic E-state index is 13.3. The van der Waals surface area contributed by atoms with Crippen molar-refractivity contribution in [2.24, 2.45) is 0 Å². The van der Waals surface area contributed by atoms with Crippen LogP contribution in [0.25, 0.3) is 11.3 Å². The van der Waals surface area contributed by atoms with E-state index >= 15 is 0 Å². The lowest BCUT2D eigenvalue weighted by Crippen LogP contribution is -2.24. The van der Waals surface area contributed by atoms with E-state index in [4.69, 9.17) is 0 Å². The van der Waals surface area contributed by atoms with Gasteiger partial charge >= 0.3 is 0 Å². The van der Waals surface area contributed by atoms with Crippen molar-refractivity contribution in [2.75, 3.05) is 6.26 Å². The van der Waals surface area contributed by atoms with Crippen LogP contribution in [0.4, 0.5) is 4.39 Å². The summed E-state index contributed by atoms with van der Waals surface area (Å²) in [5, 5.41) is 10.7. The molecule has 8 heteroatoms. The van der Waals surface area contributed by atoms with Crippen LogP contribution < -0.4 is 4.72 Å². The van der Waals surface area contributed by atoms with Crippen molar-refractivity contribution in [1.82, 2.24) is 14.7 Å². The monoisotopic (exact) mass is 393 g/mol. The largest absolute Gasteiger partial charge is 0.388 e. The second kappa shape index (κ2) is 8.69. The fraction of sp³-hybridized carbons (Fsp3) is 0.368. The minimum absolute atomic E-state index is 0.0429. The van der Waals surface area contributed by atoms with E-state index in [-0.39, 0.29) is 24.1 Å². The van der Waals surface area contributed by atoms with E-state index < -0.39 is 16.1 Å². The number of aromatic nitrogens is 2. The molecule has 0 bridgehead atoms. The van der Waals surface area contributed by atoms with Gasteiger partial charge in [0.1, 0.15) is 11.6 Å². The molecule has 0 aliphatic rings. The van der Waals surface area contributed by atoms with Crippen molar-refractivity contribution in [3.05, 3.63) is 59.8 Å². The first-order valence-electron chi connectivity index (χ1n) is 8.52. The number of hydrogen-bond acceptors (Lipinski definition) is 5. The third-order valence-electron chi connectivity index (χ3n) is 3.90. The Bertz CT molecular complexity index is 913. The lowest BCUT2D eigenvalue weighted by atomic mass is 9.93. The minimum atomic E-state index is -3.42. The molecule has 0 aliphatic carbocycles. The van der Waals surface area contributed by atoms with Crippen LogP contribution in [0.5, 0.6) is 0 Å². The summed E-state index contributed by atoms with van der Waals surface area (Å²) in [7, 11) is -3.42. The highest BCUT2D eigenvalue weighted by Gasteiger charge is 2.23. The maximum Gasteiger partial charge on any atom is 0.209 e. The zero-order valence-electron chi connectivity index (χ0n) is 15.6. The molecule has 0 saturated carbocycles. The first-order valence-corrected chi connectivity index (χ1v) is 10.4. The molecule has 0 saturated heterocycles. The number of aliphatic hydroxyl groups is 1. The van der Waals surface area contributed by atoms with Crippen LogP contribution >= 0.6 is 0 Å². The van der Waals surface area contributed by atoms with Gasteiger partial charge in [0.15, 0.2) is 0 Å². The molecule has 0 aliphatic heterocycles. The number of rotatable bonds is 8. The van der Waals surface area contributed by atoms with Crippen LogP contribution in [-0.2, 0) is 16.6 Å². The summed E-state index contributed by atoms with van der Waals surface area (Å²) in [5.74, 6) is -0.152. The van der Waals surface area contributed by atoms with Crippen molar-refractivity contribution in [3.63, 3.8) is 0 Å². The van der Waals surface area contributed by atoms with Gasteiger partial charge in [0.05, 0.1) is 30.3 Å². The average molecular weight is 393 g/mol. The van der Waals surface area contributed by atoms with Gasteiger partial charge in [0.25, 0.3) is 0 Å². The van der Waals surface area contributed by atoms with Gasteiger partial charge in [-0.3, -0.25) is 0 Å². The molecule has 1 heterocycles. The molecule has 2 aromatic rings. The molecule has 6 nitrogen and oxygen atoms in total. The number of nitrogens with zero attached hydrogens (tertiary/aromatic N) is 2. The van der Waals surface area contributed by atoms with E-state index in [0.29, 0.717) is 28.9 Å². The SMILES string of the molecule is C=CCC(O)c1c(-c2ccc(F)cc2)nc(CNS(C)(=O)=O)nc1C(C)C. The summed E-state index contributed by atoms with van der Waals surface area (Å²) in [6.07, 6.45) is 2.08. The van der Waals surface area contributed by atoms with Crippen LogP contribution in [0, 0.1) is 5.82 Å². The maximum atomic E-state index is 13.3. The molecule has 0 spiro atoms. The second-order valence-electron chi connectivity index (χ2n) is 6.58. The lowest BCUT2D eigenvalue weighted by Gasteiger charge is -2.21. The third-order valence-corrected chi connectivity index (χ3v) is 4.57. The molecule has 0 radical (unpaired) electrons. The Balaban J connectivity index is 2.67. The summed E-state index contributed by atoms with van der Waals surface area (Å²) in [6.45, 7) is 7.43. The van der Waals surface area contributed by atoms with Crippen LogP contribution in [0.3, 0.4) is 0 Å². The Morgan fingerprint density at radius 3 is 2.41 bits per heavy atom. The van der Waals surface area contributed by atoms with Gasteiger partial charge in [-0.15, -0.1) is 6.58 Å². The number of nitrogens with one attached hydrogen (secondary N) is 1. The number of aliphatic hydroxyl groups excluding tert-OH is 1. The predicted octanol–water partition coefficient (Wildman–Crippen LogP) is 3.06. The highest BCUT2D eigenvalue weighted by atomic mass is 32.2. The molecular weight excluding hydrogens is 369 g/mol. The topological polar surface area (TPSA) is 92.2 Å². The lowest BCUT2D eigenvalue weighted by molar-refractivity contribution is 0.179. The average Bonchev–Trinajstić information content (AvgIpc) is 2.59. The second-order valence-corrected chi connectivity index (χ2v) is 8.42. The van der Waals surface area contributed by atoms with Crippen LogP contribution in [0.2, 0.25) is 0 Å². The molecule has 1 unspecified atom stereocenters. The molecule has 1 aromatic carbocycles. The molecule has 0 amide bonds. The Hall–Kier alpha value is -2.16. The van der Waals surface area contributed by atoms with Gasteiger partial charge in [-0.2, -0.15) is 0 Å². The number of benzene rings is 1. The predicted molar refractivity (Wildman–Crippen MR) is 103 cm³/mol. The van der Waals surface area contributed by atoms with Crippen LogP contribution in [-0.4, -0.2) is 29.7 Å². The normalized spacial score (nSPS) is 13.0. The number of hydrogen-bond donors (Lipinski definition) is 2. The quantitative estimate of drug-likeness (QED) is 0.673. The standard InChI is InChI=1S/C19H24FN3O3S/c1-5-6-15(24)17-18(12(2)3)22-16(11-21-27(4,25)26)23-19(17)13-7-9-14(20)10-8-13/h5,7-10,12,15,21,24H,1,6,11H2,2-4H3. The van der Waals surface area contributed by atoms with E-state index in [2.05, 4.69) is 21.3 Å². The summed E-state index contributed by atoms with van der Waals surface area (Å²) >= 11 is 0. The van der Waals surface area contributed by atoms with Gasteiger partial charge in [-0.1, -0.05) is 19.9 Å². The molecule has 27 heavy (non-hydrogen) atoms. The summed E-state index contributed by atoms with van der Waals surface area (Å²) in [4.78, 5) is 8.94. The van der Waals surface area contributed by atoms with Crippen molar-refractivity contribution < 1.29 is 17.9 Å². The molecule has 0 fully saturated rings. The third kappa shape index (κ3) is 5.66. The number of sulfonamides is 1. The highest BCUT2D eigenvalue weighted by molar-refractivity contribution is 7.88. The fourth-order valence-electron chi connectivity index (χ4n) is 2.68. The van der Waals surface area contributed by atoms with Crippen molar-refractivity contribution in [2.45, 2.75) is 38.8 Å². The fourth-order valence-corrected chi connectivity index (χ4v) is 3.07. The van der Waals surface area contributed by atoms with E-state index in [9.17, 15) is 17.9 Å². The zero-order valence-corrected chi connectivity index (χ0v) is 16.4. The number of halogens is 1. The van der Waals surface area contributed by atoms with E-state index in [1.165, 1.54) is 12.1 Å². The van der Waals surface area contributed by atoms with Crippen molar-refractivity contribution >= 4 is 10.0 Å². The Kier molecular flexibility index (Phi) is 6.80. The first-order chi connectivity index (χ1) is 12.6. The highest BCUT2D eigenvalue weighted by Crippen LogP contribution is 2.34. The van der Waals surface area contributed by atoms with E-state index in [1.54, 1.807) is 18.2 Å². The van der Waals surface area contributed by atoms with Gasteiger partial charge in [0, 0.05) is 11.1 Å². The van der Waals surface area contributed by atoms with Crippen LogP contribution in [0.15, 0.2) is 36.9 Å². The molecule has 2 N–H and O–H groups in total. The Morgan fingerprint density at radius 2 is 1.89 bits per heavy atom. The van der Waals surface area contributed by atoms with Crippen molar-refractivity contribution in [1.29, 1.82) is 0 Å².